The number of hydrogen-bond donors (Lipinski definition) is 0. The second-order valence-electron chi connectivity index (χ2n) is 6.06. The number of likely N-dealkylation sites (N-methyl/N-ethyl adjacent to an activating group) is 1. The molecule has 26 heavy (non-hydrogen) atoms. The molecule has 2 rings (SSSR count). The number of ether oxygens (including phenoxy) is 1. The third-order valence-corrected chi connectivity index (χ3v) is 4.07. The van der Waals surface area contributed by atoms with Crippen molar-refractivity contribution in [3.05, 3.63) is 47.3 Å². The van der Waals surface area contributed by atoms with Gasteiger partial charge in [0, 0.05) is 35.6 Å². The molecule has 7 heteroatoms. The summed E-state index contributed by atoms with van der Waals surface area (Å²) in [5.74, 6) is 0.0593. The van der Waals surface area contributed by atoms with E-state index in [2.05, 4.69) is 10.8 Å². The molecule has 0 spiro atoms. The van der Waals surface area contributed by atoms with Gasteiger partial charge in [-0.1, -0.05) is 0 Å². The molecule has 0 saturated carbocycles. The number of benzene rings is 1. The highest BCUT2D eigenvalue weighted by molar-refractivity contribution is 5.99. The van der Waals surface area contributed by atoms with Crippen molar-refractivity contribution >= 4 is 5.78 Å². The first-order valence-corrected chi connectivity index (χ1v) is 8.16. The molecule has 0 N–H and O–H groups in total. The molecule has 1 aromatic carbocycles. The zero-order valence-corrected chi connectivity index (χ0v) is 15.0. The van der Waals surface area contributed by atoms with Crippen LogP contribution < -0.4 is 4.74 Å². The fourth-order valence-corrected chi connectivity index (χ4v) is 2.87. The van der Waals surface area contributed by atoms with Crippen molar-refractivity contribution in [2.24, 2.45) is 0 Å². The number of halogens is 2. The number of hydrogen-bond acceptors (Lipinski definition) is 4. The molecule has 0 bridgehead atoms. The molecule has 5 nitrogen and oxygen atoms in total. The van der Waals surface area contributed by atoms with Crippen LogP contribution in [0.15, 0.2) is 30.3 Å². The van der Waals surface area contributed by atoms with Crippen LogP contribution in [-0.4, -0.2) is 42.0 Å². The van der Waals surface area contributed by atoms with Gasteiger partial charge in [-0.25, -0.2) is 0 Å². The zero-order chi connectivity index (χ0) is 19.3. The minimum absolute atomic E-state index is 0.0255. The summed E-state index contributed by atoms with van der Waals surface area (Å²) < 4.78 is 30.8. The molecule has 0 aliphatic carbocycles. The quantitative estimate of drug-likeness (QED) is 0.673. The Balaban J connectivity index is 2.22. The van der Waals surface area contributed by atoms with Crippen molar-refractivity contribution in [1.82, 2.24) is 9.47 Å². The molecule has 1 aromatic heterocycles. The average Bonchev–Trinajstić information content (AvgIpc) is 2.88. The van der Waals surface area contributed by atoms with E-state index in [0.29, 0.717) is 18.5 Å². The second-order valence-corrected chi connectivity index (χ2v) is 6.06. The Morgan fingerprint density at radius 1 is 1.31 bits per heavy atom. The first kappa shape index (κ1) is 19.6. The van der Waals surface area contributed by atoms with Crippen LogP contribution in [0.1, 0.15) is 28.2 Å². The van der Waals surface area contributed by atoms with Crippen molar-refractivity contribution in [2.75, 3.05) is 20.1 Å². The average molecular weight is 361 g/mol. The van der Waals surface area contributed by atoms with Gasteiger partial charge < -0.3 is 9.30 Å². The Morgan fingerprint density at radius 3 is 2.54 bits per heavy atom. The van der Waals surface area contributed by atoms with Crippen LogP contribution in [0.5, 0.6) is 5.75 Å². The Labute approximate surface area is 151 Å². The summed E-state index contributed by atoms with van der Waals surface area (Å²) in [6.45, 7) is 1.63. The van der Waals surface area contributed by atoms with E-state index in [0.717, 1.165) is 17.1 Å². The molecule has 1 heterocycles. The van der Waals surface area contributed by atoms with Crippen molar-refractivity contribution in [2.45, 2.75) is 26.9 Å². The van der Waals surface area contributed by atoms with Gasteiger partial charge in [0.25, 0.3) is 0 Å². The van der Waals surface area contributed by atoms with Crippen LogP contribution in [-0.2, 0) is 0 Å². The van der Waals surface area contributed by atoms with Crippen molar-refractivity contribution in [1.29, 1.82) is 5.26 Å². The molecule has 0 amide bonds. The van der Waals surface area contributed by atoms with Gasteiger partial charge in [-0.2, -0.15) is 14.0 Å². The summed E-state index contributed by atoms with van der Waals surface area (Å²) in [6, 6.07) is 10.2. The maximum absolute atomic E-state index is 12.6. The first-order valence-electron chi connectivity index (χ1n) is 8.16. The number of aryl methyl sites for hydroxylation is 1. The van der Waals surface area contributed by atoms with Crippen LogP contribution in [0, 0.1) is 25.2 Å². The smallest absolute Gasteiger partial charge is 0.387 e. The maximum atomic E-state index is 12.6. The molecule has 0 saturated heterocycles. The topological polar surface area (TPSA) is 58.3 Å². The van der Waals surface area contributed by atoms with E-state index in [4.69, 9.17) is 5.26 Å². The molecule has 0 radical (unpaired) electrons. The zero-order valence-electron chi connectivity index (χ0n) is 15.0. The molecule has 2 aromatic rings. The highest BCUT2D eigenvalue weighted by atomic mass is 19.3. The molecule has 0 atom stereocenters. The summed E-state index contributed by atoms with van der Waals surface area (Å²) in [4.78, 5) is 14.4. The van der Waals surface area contributed by atoms with E-state index in [1.807, 2.05) is 29.4 Å². The first-order chi connectivity index (χ1) is 12.3. The molecule has 0 aliphatic heterocycles. The third-order valence-electron chi connectivity index (χ3n) is 4.07. The fourth-order valence-electron chi connectivity index (χ4n) is 2.87. The van der Waals surface area contributed by atoms with Crippen molar-refractivity contribution in [3.63, 3.8) is 0 Å². The van der Waals surface area contributed by atoms with Gasteiger partial charge in [0.05, 0.1) is 12.6 Å². The summed E-state index contributed by atoms with van der Waals surface area (Å²) >= 11 is 0. The Morgan fingerprint density at radius 2 is 1.96 bits per heavy atom. The summed E-state index contributed by atoms with van der Waals surface area (Å²) in [5.41, 5.74) is 3.02. The minimum atomic E-state index is -2.86. The minimum Gasteiger partial charge on any atom is -0.435 e. The number of nitrogens with zero attached hydrogens (tertiary/aromatic N) is 3. The lowest BCUT2D eigenvalue weighted by molar-refractivity contribution is -0.0498. The molecule has 138 valence electrons. The monoisotopic (exact) mass is 361 g/mol. The van der Waals surface area contributed by atoms with E-state index in [-0.39, 0.29) is 18.1 Å². The lowest BCUT2D eigenvalue weighted by Crippen LogP contribution is -2.27. The molecule has 0 fully saturated rings. The predicted molar refractivity (Wildman–Crippen MR) is 93.9 cm³/mol. The Kier molecular flexibility index (Phi) is 6.47. The van der Waals surface area contributed by atoms with Gasteiger partial charge >= 0.3 is 6.61 Å². The van der Waals surface area contributed by atoms with Gasteiger partial charge in [-0.05, 0) is 51.2 Å². The van der Waals surface area contributed by atoms with E-state index in [1.54, 1.807) is 19.2 Å². The van der Waals surface area contributed by atoms with Crippen LogP contribution >= 0.6 is 0 Å². The number of ketones is 1. The van der Waals surface area contributed by atoms with Crippen LogP contribution in [0.25, 0.3) is 5.69 Å². The summed E-state index contributed by atoms with van der Waals surface area (Å²) in [6.07, 6.45) is 0.371. The van der Waals surface area contributed by atoms with Crippen molar-refractivity contribution < 1.29 is 18.3 Å². The highest BCUT2D eigenvalue weighted by Crippen LogP contribution is 2.24. The van der Waals surface area contributed by atoms with Gasteiger partial charge in [0.2, 0.25) is 0 Å². The Hall–Kier alpha value is -2.72. The van der Waals surface area contributed by atoms with Gasteiger partial charge in [-0.15, -0.1) is 0 Å². The van der Waals surface area contributed by atoms with E-state index in [1.165, 1.54) is 12.1 Å². The van der Waals surface area contributed by atoms with Crippen LogP contribution in [0.4, 0.5) is 8.78 Å². The lowest BCUT2D eigenvalue weighted by Gasteiger charge is -2.14. The highest BCUT2D eigenvalue weighted by Gasteiger charge is 2.18. The van der Waals surface area contributed by atoms with Crippen LogP contribution in [0.3, 0.4) is 0 Å². The SMILES string of the molecule is Cc1cc(C(=O)CN(C)CCC#N)c(C)n1-c1ccc(OC(F)F)cc1. The number of carbonyl (C=O) groups is 1. The number of rotatable bonds is 8. The normalized spacial score (nSPS) is 11.0. The van der Waals surface area contributed by atoms with E-state index in [9.17, 15) is 13.6 Å². The summed E-state index contributed by atoms with van der Waals surface area (Å²) in [5, 5.41) is 8.63. The van der Waals surface area contributed by atoms with Gasteiger partial charge in [-0.3, -0.25) is 9.69 Å². The largest absolute Gasteiger partial charge is 0.435 e. The second kappa shape index (κ2) is 8.59. The fraction of sp³-hybridized carbons (Fsp3) is 0.368. The predicted octanol–water partition coefficient (Wildman–Crippen LogP) is 3.72. The molecule has 0 unspecified atom stereocenters. The number of nitriles is 1. The van der Waals surface area contributed by atoms with Gasteiger partial charge in [0.1, 0.15) is 5.75 Å². The summed E-state index contributed by atoms with van der Waals surface area (Å²) in [7, 11) is 1.80. The number of alkyl halides is 2. The lowest BCUT2D eigenvalue weighted by atomic mass is 10.1. The number of Topliss-reactive ketones (excluding diaryl/α,β-unsaturated/α-hetero) is 1. The maximum Gasteiger partial charge on any atom is 0.387 e. The number of aromatic nitrogens is 1. The van der Waals surface area contributed by atoms with E-state index >= 15 is 0 Å². The molecule has 0 aliphatic rings. The standard InChI is InChI=1S/C19H21F2N3O2/c1-13-11-17(18(25)12-23(3)10-4-9-22)14(2)24(13)15-5-7-16(8-6-15)26-19(20)21/h5-8,11,19H,4,10,12H2,1-3H3. The molecular formula is C19H21F2N3O2. The van der Waals surface area contributed by atoms with E-state index < -0.39 is 6.61 Å². The van der Waals surface area contributed by atoms with Gasteiger partial charge in [0.15, 0.2) is 5.78 Å². The third kappa shape index (κ3) is 4.67. The number of carbonyl (C=O) groups excluding carboxylic acids is 1. The van der Waals surface area contributed by atoms with Crippen LogP contribution in [0.2, 0.25) is 0 Å². The Bertz CT molecular complexity index is 807. The molecular weight excluding hydrogens is 340 g/mol. The van der Waals surface area contributed by atoms with Crippen molar-refractivity contribution in [3.8, 4) is 17.5 Å².